The van der Waals surface area contributed by atoms with Gasteiger partial charge in [-0.25, -0.2) is 8.78 Å². The summed E-state index contributed by atoms with van der Waals surface area (Å²) in [5.41, 5.74) is 1.62. The van der Waals surface area contributed by atoms with E-state index in [1.807, 2.05) is 0 Å². The number of halogens is 2. The summed E-state index contributed by atoms with van der Waals surface area (Å²) in [6.07, 6.45) is 0. The van der Waals surface area contributed by atoms with E-state index in [1.165, 1.54) is 42.5 Å². The van der Waals surface area contributed by atoms with Crippen molar-refractivity contribution in [3.05, 3.63) is 54.1 Å². The molecule has 0 aliphatic carbocycles. The molecule has 0 radical (unpaired) electrons. The minimum atomic E-state index is -0.420. The van der Waals surface area contributed by atoms with Crippen molar-refractivity contribution in [2.24, 2.45) is 0 Å². The molecule has 2 aromatic carbocycles. The lowest BCUT2D eigenvalue weighted by Crippen LogP contribution is -2.25. The maximum absolute atomic E-state index is 13.4. The highest BCUT2D eigenvalue weighted by molar-refractivity contribution is 5.96. The molecule has 3 nitrogen and oxygen atoms in total. The zero-order valence-electron chi connectivity index (χ0n) is 10.9. The molecular weight excluding hydrogens is 262 g/mol. The van der Waals surface area contributed by atoms with Crippen LogP contribution in [0.2, 0.25) is 0 Å². The Bertz CT molecular complexity index is 612. The Morgan fingerprint density at radius 2 is 1.70 bits per heavy atom. The van der Waals surface area contributed by atoms with Crippen molar-refractivity contribution in [2.45, 2.75) is 0 Å². The summed E-state index contributed by atoms with van der Waals surface area (Å²) in [4.78, 5) is 11.6. The highest BCUT2D eigenvalue weighted by Gasteiger charge is 2.09. The van der Waals surface area contributed by atoms with Crippen LogP contribution >= 0.6 is 0 Å². The molecule has 2 aromatic rings. The molecule has 20 heavy (non-hydrogen) atoms. The van der Waals surface area contributed by atoms with Gasteiger partial charge in [0.2, 0.25) is 5.91 Å². The number of benzene rings is 2. The van der Waals surface area contributed by atoms with E-state index < -0.39 is 5.82 Å². The van der Waals surface area contributed by atoms with Gasteiger partial charge in [0, 0.05) is 11.3 Å². The summed E-state index contributed by atoms with van der Waals surface area (Å²) < 4.78 is 26.3. The molecule has 0 heterocycles. The molecule has 0 aliphatic heterocycles. The first kappa shape index (κ1) is 14.1. The second-order valence-electron chi connectivity index (χ2n) is 4.28. The van der Waals surface area contributed by atoms with E-state index in [0.29, 0.717) is 16.8 Å². The van der Waals surface area contributed by atoms with Crippen LogP contribution in [-0.4, -0.2) is 19.5 Å². The van der Waals surface area contributed by atoms with Gasteiger partial charge in [-0.15, -0.1) is 0 Å². The number of rotatable bonds is 4. The van der Waals surface area contributed by atoms with Gasteiger partial charge in [0.25, 0.3) is 0 Å². The summed E-state index contributed by atoms with van der Waals surface area (Å²) in [7, 11) is 1.66. The van der Waals surface area contributed by atoms with E-state index in [4.69, 9.17) is 0 Å². The topological polar surface area (TPSA) is 41.1 Å². The molecule has 0 unspecified atom stereocenters. The molecule has 0 aliphatic rings. The van der Waals surface area contributed by atoms with E-state index in [0.717, 1.165) is 0 Å². The van der Waals surface area contributed by atoms with Crippen LogP contribution in [0, 0.1) is 11.6 Å². The van der Waals surface area contributed by atoms with E-state index in [-0.39, 0.29) is 18.3 Å². The van der Waals surface area contributed by atoms with Crippen molar-refractivity contribution in [3.63, 3.8) is 0 Å². The molecule has 0 spiro atoms. The Morgan fingerprint density at radius 1 is 1.05 bits per heavy atom. The Morgan fingerprint density at radius 3 is 2.35 bits per heavy atom. The maximum Gasteiger partial charge on any atom is 0.238 e. The van der Waals surface area contributed by atoms with Gasteiger partial charge in [0.15, 0.2) is 0 Å². The highest BCUT2D eigenvalue weighted by atomic mass is 19.1. The number of likely N-dealkylation sites (N-methyl/N-ethyl adjacent to an activating group) is 1. The van der Waals surface area contributed by atoms with Crippen LogP contribution in [0.25, 0.3) is 11.1 Å². The van der Waals surface area contributed by atoms with Gasteiger partial charge >= 0.3 is 0 Å². The summed E-state index contributed by atoms with van der Waals surface area (Å²) in [5.74, 6) is -1.02. The van der Waals surface area contributed by atoms with Crippen molar-refractivity contribution in [2.75, 3.05) is 18.9 Å². The van der Waals surface area contributed by atoms with Gasteiger partial charge in [0.1, 0.15) is 11.6 Å². The fourth-order valence-corrected chi connectivity index (χ4v) is 1.85. The number of amides is 1. The first-order chi connectivity index (χ1) is 9.60. The van der Waals surface area contributed by atoms with Crippen molar-refractivity contribution >= 4 is 11.6 Å². The summed E-state index contributed by atoms with van der Waals surface area (Å²) in [6, 6.07) is 9.72. The number of carbonyl (C=O) groups excluding carboxylic acids is 1. The average molecular weight is 276 g/mol. The van der Waals surface area contributed by atoms with Gasteiger partial charge in [-0.1, -0.05) is 12.1 Å². The van der Waals surface area contributed by atoms with Crippen LogP contribution in [0.15, 0.2) is 42.5 Å². The first-order valence-electron chi connectivity index (χ1n) is 6.10. The van der Waals surface area contributed by atoms with Crippen LogP contribution in [0.1, 0.15) is 0 Å². The number of carbonyl (C=O) groups is 1. The molecule has 0 aromatic heterocycles. The second-order valence-corrected chi connectivity index (χ2v) is 4.28. The lowest BCUT2D eigenvalue weighted by molar-refractivity contribution is -0.115. The minimum absolute atomic E-state index is 0.153. The third kappa shape index (κ3) is 3.39. The smallest absolute Gasteiger partial charge is 0.238 e. The minimum Gasteiger partial charge on any atom is -0.324 e. The standard InChI is InChI=1S/C15H14F2N2O/c1-18-9-15(20)19-14-7-6-12(17)8-13(14)10-2-4-11(16)5-3-10/h2-8,18H,9H2,1H3,(H,19,20). The molecule has 0 saturated heterocycles. The van der Waals surface area contributed by atoms with Crippen molar-refractivity contribution in [3.8, 4) is 11.1 Å². The largest absolute Gasteiger partial charge is 0.324 e. The lowest BCUT2D eigenvalue weighted by atomic mass is 10.0. The van der Waals surface area contributed by atoms with Crippen molar-refractivity contribution in [1.29, 1.82) is 0 Å². The number of anilines is 1. The zero-order valence-corrected chi connectivity index (χ0v) is 10.9. The van der Waals surface area contributed by atoms with Crippen LogP contribution in [0.3, 0.4) is 0 Å². The second kappa shape index (κ2) is 6.25. The molecule has 104 valence electrons. The summed E-state index contributed by atoms with van der Waals surface area (Å²) >= 11 is 0. The quantitative estimate of drug-likeness (QED) is 0.901. The third-order valence-corrected chi connectivity index (χ3v) is 2.75. The Balaban J connectivity index is 2.37. The fourth-order valence-electron chi connectivity index (χ4n) is 1.85. The first-order valence-corrected chi connectivity index (χ1v) is 6.10. The molecular formula is C15H14F2N2O. The number of hydrogen-bond acceptors (Lipinski definition) is 2. The lowest BCUT2D eigenvalue weighted by Gasteiger charge is -2.11. The predicted molar refractivity (Wildman–Crippen MR) is 74.4 cm³/mol. The number of nitrogens with one attached hydrogen (secondary N) is 2. The van der Waals surface area contributed by atoms with Crippen molar-refractivity contribution in [1.82, 2.24) is 5.32 Å². The monoisotopic (exact) mass is 276 g/mol. The van der Waals surface area contributed by atoms with E-state index >= 15 is 0 Å². The van der Waals surface area contributed by atoms with E-state index in [9.17, 15) is 13.6 Å². The number of hydrogen-bond donors (Lipinski definition) is 2. The summed E-state index contributed by atoms with van der Waals surface area (Å²) in [5, 5.41) is 5.42. The maximum atomic E-state index is 13.4. The fraction of sp³-hybridized carbons (Fsp3) is 0.133. The molecule has 2 N–H and O–H groups in total. The molecule has 0 bridgehead atoms. The van der Waals surface area contributed by atoms with Crippen LogP contribution in [0.4, 0.5) is 14.5 Å². The Labute approximate surface area is 115 Å². The molecule has 5 heteroatoms. The molecule has 0 fully saturated rings. The molecule has 1 amide bonds. The van der Waals surface area contributed by atoms with Crippen LogP contribution < -0.4 is 10.6 Å². The van der Waals surface area contributed by atoms with E-state index in [2.05, 4.69) is 10.6 Å². The van der Waals surface area contributed by atoms with Gasteiger partial charge < -0.3 is 10.6 Å². The zero-order chi connectivity index (χ0) is 14.5. The summed E-state index contributed by atoms with van der Waals surface area (Å²) in [6.45, 7) is 0.153. The third-order valence-electron chi connectivity index (χ3n) is 2.75. The normalized spacial score (nSPS) is 10.3. The van der Waals surface area contributed by atoms with Gasteiger partial charge in [0.05, 0.1) is 6.54 Å². The van der Waals surface area contributed by atoms with Gasteiger partial charge in [-0.2, -0.15) is 0 Å². The highest BCUT2D eigenvalue weighted by Crippen LogP contribution is 2.29. The Kier molecular flexibility index (Phi) is 4.42. The van der Waals surface area contributed by atoms with Crippen LogP contribution in [0.5, 0.6) is 0 Å². The average Bonchev–Trinajstić information content (AvgIpc) is 2.42. The Hall–Kier alpha value is -2.27. The van der Waals surface area contributed by atoms with Gasteiger partial charge in [-0.05, 0) is 42.9 Å². The molecule has 0 atom stereocenters. The predicted octanol–water partition coefficient (Wildman–Crippen LogP) is 2.79. The molecule has 0 saturated carbocycles. The van der Waals surface area contributed by atoms with Crippen LogP contribution in [-0.2, 0) is 4.79 Å². The van der Waals surface area contributed by atoms with E-state index in [1.54, 1.807) is 7.05 Å². The van der Waals surface area contributed by atoms with Crippen molar-refractivity contribution < 1.29 is 13.6 Å². The molecule has 2 rings (SSSR count). The SMILES string of the molecule is CNCC(=O)Nc1ccc(F)cc1-c1ccc(F)cc1. The van der Waals surface area contributed by atoms with Gasteiger partial charge in [-0.3, -0.25) is 4.79 Å².